The van der Waals surface area contributed by atoms with Crippen LogP contribution >= 0.6 is 0 Å². The quantitative estimate of drug-likeness (QED) is 0.769. The third-order valence-corrected chi connectivity index (χ3v) is 3.53. The average molecular weight is 308 g/mol. The van der Waals surface area contributed by atoms with Crippen molar-refractivity contribution in [2.75, 3.05) is 7.05 Å². The molecule has 2 aromatic heterocycles. The zero-order valence-corrected chi connectivity index (χ0v) is 12.6. The molecule has 0 spiro atoms. The molecule has 6 heteroatoms. The number of aromatic nitrogens is 2. The Balaban J connectivity index is 1.74. The van der Waals surface area contributed by atoms with Crippen LogP contribution in [-0.2, 0) is 6.54 Å². The second-order valence-electron chi connectivity index (χ2n) is 5.04. The van der Waals surface area contributed by atoms with Crippen molar-refractivity contribution >= 4 is 17.5 Å². The number of amides is 2. The van der Waals surface area contributed by atoms with E-state index in [1.54, 1.807) is 54.2 Å². The first-order valence-corrected chi connectivity index (χ1v) is 7.20. The topological polar surface area (TPSA) is 75.5 Å². The number of fused-ring (bicyclic) bond motifs is 1. The van der Waals surface area contributed by atoms with E-state index >= 15 is 0 Å². The number of hydrogen-bond donors (Lipinski definition) is 2. The van der Waals surface area contributed by atoms with E-state index in [0.29, 0.717) is 23.3 Å². The van der Waals surface area contributed by atoms with Crippen LogP contribution in [-0.4, -0.2) is 28.2 Å². The molecule has 3 rings (SSSR count). The Labute approximate surface area is 133 Å². The van der Waals surface area contributed by atoms with Crippen molar-refractivity contribution in [3.05, 3.63) is 71.7 Å². The molecule has 2 heterocycles. The van der Waals surface area contributed by atoms with E-state index in [9.17, 15) is 9.59 Å². The van der Waals surface area contributed by atoms with Gasteiger partial charge in [0.15, 0.2) is 0 Å². The molecular formula is C17H16N4O2. The van der Waals surface area contributed by atoms with Gasteiger partial charge < -0.3 is 15.0 Å². The minimum Gasteiger partial charge on any atom is -0.355 e. The van der Waals surface area contributed by atoms with Gasteiger partial charge in [-0.25, -0.2) is 4.98 Å². The van der Waals surface area contributed by atoms with E-state index in [1.807, 2.05) is 12.3 Å². The van der Waals surface area contributed by atoms with Crippen LogP contribution in [0.25, 0.3) is 5.65 Å². The Morgan fingerprint density at radius 3 is 2.83 bits per heavy atom. The number of rotatable bonds is 4. The molecule has 23 heavy (non-hydrogen) atoms. The highest BCUT2D eigenvalue weighted by molar-refractivity contribution is 5.99. The summed E-state index contributed by atoms with van der Waals surface area (Å²) in [7, 11) is 1.59. The Morgan fingerprint density at radius 1 is 1.13 bits per heavy atom. The number of benzene rings is 1. The van der Waals surface area contributed by atoms with E-state index in [-0.39, 0.29) is 11.8 Å². The maximum atomic E-state index is 12.4. The fourth-order valence-electron chi connectivity index (χ4n) is 2.37. The van der Waals surface area contributed by atoms with Gasteiger partial charge in [0.1, 0.15) is 5.65 Å². The van der Waals surface area contributed by atoms with Gasteiger partial charge in [0.2, 0.25) is 0 Å². The van der Waals surface area contributed by atoms with Crippen LogP contribution in [0.5, 0.6) is 0 Å². The highest BCUT2D eigenvalue weighted by Gasteiger charge is 2.11. The number of pyridine rings is 1. The molecule has 116 valence electrons. The van der Waals surface area contributed by atoms with Crippen LogP contribution in [0.15, 0.2) is 55.0 Å². The first-order valence-electron chi connectivity index (χ1n) is 7.20. The molecule has 1 aromatic carbocycles. The molecule has 0 unspecified atom stereocenters. The van der Waals surface area contributed by atoms with E-state index in [0.717, 1.165) is 5.56 Å². The first kappa shape index (κ1) is 14.8. The molecule has 0 radical (unpaired) electrons. The molecule has 0 aliphatic heterocycles. The predicted octanol–water partition coefficient (Wildman–Crippen LogP) is 1.62. The van der Waals surface area contributed by atoms with Crippen LogP contribution in [0.1, 0.15) is 26.3 Å². The zero-order valence-electron chi connectivity index (χ0n) is 12.6. The zero-order chi connectivity index (χ0) is 16.2. The smallest absolute Gasteiger partial charge is 0.255 e. The van der Waals surface area contributed by atoms with Crippen molar-refractivity contribution < 1.29 is 9.59 Å². The molecule has 6 nitrogen and oxygen atoms in total. The van der Waals surface area contributed by atoms with Crippen LogP contribution < -0.4 is 10.6 Å². The Morgan fingerprint density at radius 2 is 2.00 bits per heavy atom. The fourth-order valence-corrected chi connectivity index (χ4v) is 2.37. The summed E-state index contributed by atoms with van der Waals surface area (Å²) in [5.41, 5.74) is 2.55. The molecule has 0 saturated heterocycles. The second-order valence-corrected chi connectivity index (χ2v) is 5.04. The molecule has 3 aromatic rings. The van der Waals surface area contributed by atoms with Gasteiger partial charge in [-0.15, -0.1) is 0 Å². The van der Waals surface area contributed by atoms with Crippen molar-refractivity contribution in [3.63, 3.8) is 0 Å². The van der Waals surface area contributed by atoms with Gasteiger partial charge in [0.25, 0.3) is 11.8 Å². The van der Waals surface area contributed by atoms with Crippen molar-refractivity contribution in [1.82, 2.24) is 20.0 Å². The lowest BCUT2D eigenvalue weighted by atomic mass is 10.1. The molecule has 0 saturated carbocycles. The van der Waals surface area contributed by atoms with Crippen LogP contribution in [0.4, 0.5) is 0 Å². The molecule has 0 fully saturated rings. The summed E-state index contributed by atoms with van der Waals surface area (Å²) >= 11 is 0. The number of carbonyl (C=O) groups excluding carboxylic acids is 2. The van der Waals surface area contributed by atoms with E-state index in [2.05, 4.69) is 15.6 Å². The monoisotopic (exact) mass is 308 g/mol. The lowest BCUT2D eigenvalue weighted by Gasteiger charge is -2.08. The van der Waals surface area contributed by atoms with Crippen molar-refractivity contribution in [3.8, 4) is 0 Å². The van der Waals surface area contributed by atoms with E-state index in [4.69, 9.17) is 0 Å². The molecule has 2 amide bonds. The van der Waals surface area contributed by atoms with Gasteiger partial charge in [-0.2, -0.15) is 0 Å². The summed E-state index contributed by atoms with van der Waals surface area (Å²) < 4.78 is 1.79. The summed E-state index contributed by atoms with van der Waals surface area (Å²) in [6, 6.07) is 10.7. The normalized spacial score (nSPS) is 10.5. The maximum absolute atomic E-state index is 12.4. The summed E-state index contributed by atoms with van der Waals surface area (Å²) in [5, 5.41) is 5.44. The minimum atomic E-state index is -0.202. The third kappa shape index (κ3) is 3.06. The Bertz CT molecular complexity index is 870. The standard InChI is InChI=1S/C17H16N4O2/c1-18-16(22)13-5-2-4-12(10-13)11-20-17(23)14-6-3-8-21-9-7-19-15(14)21/h2-10H,11H2,1H3,(H,18,22)(H,20,23). The summed E-state index contributed by atoms with van der Waals surface area (Å²) in [4.78, 5) is 28.2. The summed E-state index contributed by atoms with van der Waals surface area (Å²) in [5.74, 6) is -0.354. The van der Waals surface area contributed by atoms with Crippen LogP contribution in [0.3, 0.4) is 0 Å². The predicted molar refractivity (Wildman–Crippen MR) is 86.2 cm³/mol. The minimum absolute atomic E-state index is 0.152. The molecule has 0 aliphatic rings. The van der Waals surface area contributed by atoms with E-state index in [1.165, 1.54) is 0 Å². The number of imidazole rings is 1. The highest BCUT2D eigenvalue weighted by atomic mass is 16.2. The van der Waals surface area contributed by atoms with Gasteiger partial charge in [-0.3, -0.25) is 9.59 Å². The SMILES string of the molecule is CNC(=O)c1cccc(CNC(=O)c2cccn3ccnc23)c1. The summed E-state index contributed by atoms with van der Waals surface area (Å²) in [6.45, 7) is 0.339. The lowest BCUT2D eigenvalue weighted by molar-refractivity contribution is 0.0949. The van der Waals surface area contributed by atoms with Gasteiger partial charge in [-0.05, 0) is 29.8 Å². The van der Waals surface area contributed by atoms with Crippen LogP contribution in [0.2, 0.25) is 0 Å². The largest absolute Gasteiger partial charge is 0.355 e. The molecule has 2 N–H and O–H groups in total. The average Bonchev–Trinajstić information content (AvgIpc) is 3.07. The number of hydrogen-bond acceptors (Lipinski definition) is 3. The molecule has 0 atom stereocenters. The lowest BCUT2D eigenvalue weighted by Crippen LogP contribution is -2.24. The third-order valence-electron chi connectivity index (χ3n) is 3.53. The highest BCUT2D eigenvalue weighted by Crippen LogP contribution is 2.10. The van der Waals surface area contributed by atoms with Crippen molar-refractivity contribution in [2.24, 2.45) is 0 Å². The molecule has 0 bridgehead atoms. The van der Waals surface area contributed by atoms with Crippen molar-refractivity contribution in [1.29, 1.82) is 0 Å². The number of carbonyl (C=O) groups is 2. The van der Waals surface area contributed by atoms with Crippen molar-refractivity contribution in [2.45, 2.75) is 6.54 Å². The van der Waals surface area contributed by atoms with Gasteiger partial charge >= 0.3 is 0 Å². The van der Waals surface area contributed by atoms with Crippen LogP contribution in [0, 0.1) is 0 Å². The number of nitrogens with zero attached hydrogens (tertiary/aromatic N) is 2. The maximum Gasteiger partial charge on any atom is 0.255 e. The van der Waals surface area contributed by atoms with Gasteiger partial charge in [0.05, 0.1) is 5.56 Å². The molecule has 0 aliphatic carbocycles. The Kier molecular flexibility index (Phi) is 4.05. The fraction of sp³-hybridized carbons (Fsp3) is 0.118. The Hall–Kier alpha value is -3.15. The van der Waals surface area contributed by atoms with Gasteiger partial charge in [-0.1, -0.05) is 12.1 Å². The number of nitrogens with one attached hydrogen (secondary N) is 2. The second kappa shape index (κ2) is 6.31. The summed E-state index contributed by atoms with van der Waals surface area (Å²) in [6.07, 6.45) is 5.28. The first-order chi connectivity index (χ1) is 11.2. The molecular weight excluding hydrogens is 292 g/mol. The van der Waals surface area contributed by atoms with E-state index < -0.39 is 0 Å². The van der Waals surface area contributed by atoms with Gasteiger partial charge in [0, 0.05) is 37.7 Å².